The Hall–Kier alpha value is -3.99. The molecule has 0 bridgehead atoms. The summed E-state index contributed by atoms with van der Waals surface area (Å²) in [6, 6.07) is 19.9. The number of carbonyl (C=O) groups is 1. The molecular formula is C41H50O7. The van der Waals surface area contributed by atoms with Gasteiger partial charge >= 0.3 is 0 Å². The lowest BCUT2D eigenvalue weighted by molar-refractivity contribution is -0.132. The van der Waals surface area contributed by atoms with Gasteiger partial charge in [0.25, 0.3) is 0 Å². The van der Waals surface area contributed by atoms with E-state index in [0.29, 0.717) is 37.0 Å². The molecule has 3 aromatic carbocycles. The molecule has 0 heterocycles. The van der Waals surface area contributed by atoms with Crippen LogP contribution >= 0.6 is 0 Å². The molecule has 256 valence electrons. The maximum atomic E-state index is 14.7. The molecule has 0 amide bonds. The third kappa shape index (κ3) is 7.51. The zero-order chi connectivity index (χ0) is 34.3. The van der Waals surface area contributed by atoms with Crippen LogP contribution in [0.15, 0.2) is 66.7 Å². The highest BCUT2D eigenvalue weighted by atomic mass is 16.5. The van der Waals surface area contributed by atoms with Crippen molar-refractivity contribution < 1.29 is 35.1 Å². The molecule has 7 heteroatoms. The molecule has 0 saturated heterocycles. The number of benzene rings is 3. The first-order valence-corrected chi connectivity index (χ1v) is 17.5. The molecule has 0 aliphatic heterocycles. The van der Waals surface area contributed by atoms with Gasteiger partial charge in [-0.1, -0.05) is 87.4 Å². The van der Waals surface area contributed by atoms with Crippen molar-refractivity contribution in [3.05, 3.63) is 83.4 Å². The van der Waals surface area contributed by atoms with Gasteiger partial charge in [0.2, 0.25) is 0 Å². The minimum Gasteiger partial charge on any atom is -0.504 e. The molecule has 5 rings (SSSR count). The number of aliphatic hydroxyl groups excluding tert-OH is 2. The Kier molecular flexibility index (Phi) is 11.7. The Balaban J connectivity index is 1.67. The molecule has 7 nitrogen and oxygen atoms in total. The number of aromatic hydroxyl groups is 3. The molecule has 0 radical (unpaired) electrons. The van der Waals surface area contributed by atoms with Gasteiger partial charge < -0.3 is 30.3 Å². The lowest BCUT2D eigenvalue weighted by Gasteiger charge is -2.50. The van der Waals surface area contributed by atoms with Gasteiger partial charge in [0, 0.05) is 41.9 Å². The van der Waals surface area contributed by atoms with Crippen molar-refractivity contribution in [3.8, 4) is 34.8 Å². The Morgan fingerprint density at radius 2 is 1.69 bits per heavy atom. The Labute approximate surface area is 284 Å². The van der Waals surface area contributed by atoms with E-state index in [1.165, 1.54) is 19.2 Å². The summed E-state index contributed by atoms with van der Waals surface area (Å²) < 4.78 is 5.45. The number of ether oxygens (including phenoxy) is 1. The highest BCUT2D eigenvalue weighted by molar-refractivity contribution is 5.82. The first kappa shape index (κ1) is 35.3. The predicted molar refractivity (Wildman–Crippen MR) is 186 cm³/mol. The van der Waals surface area contributed by atoms with Gasteiger partial charge in [-0.05, 0) is 66.6 Å². The van der Waals surface area contributed by atoms with Crippen LogP contribution in [-0.2, 0) is 16.6 Å². The summed E-state index contributed by atoms with van der Waals surface area (Å²) in [5.74, 6) is 4.90. The molecule has 0 spiro atoms. The highest BCUT2D eigenvalue weighted by Crippen LogP contribution is 2.51. The molecule has 7 atom stereocenters. The Morgan fingerprint density at radius 3 is 2.40 bits per heavy atom. The quantitative estimate of drug-likeness (QED) is 0.0891. The fourth-order valence-electron chi connectivity index (χ4n) is 8.25. The number of unbranched alkanes of at least 4 members (excludes halogenated alkanes) is 2. The Bertz CT molecular complexity index is 1590. The summed E-state index contributed by atoms with van der Waals surface area (Å²) in [4.78, 5) is 14.7. The van der Waals surface area contributed by atoms with E-state index in [-0.39, 0.29) is 47.7 Å². The van der Waals surface area contributed by atoms with Crippen molar-refractivity contribution in [1.29, 1.82) is 0 Å². The topological polar surface area (TPSA) is 127 Å². The number of aliphatic hydroxyl groups is 2. The number of hydrogen-bond donors (Lipinski definition) is 5. The minimum absolute atomic E-state index is 0.0189. The monoisotopic (exact) mass is 654 g/mol. The van der Waals surface area contributed by atoms with E-state index in [9.17, 15) is 30.3 Å². The molecule has 0 aromatic heterocycles. The molecule has 1 fully saturated rings. The normalized spacial score (nSPS) is 27.9. The molecule has 3 aromatic rings. The number of phenolic OH excluding ortho intramolecular Hbond substituents is 3. The van der Waals surface area contributed by atoms with Gasteiger partial charge in [-0.25, -0.2) is 0 Å². The number of hydrogen-bond acceptors (Lipinski definition) is 7. The van der Waals surface area contributed by atoms with Crippen LogP contribution in [-0.4, -0.2) is 50.6 Å². The maximum absolute atomic E-state index is 14.7. The third-order valence-corrected chi connectivity index (χ3v) is 10.9. The lowest BCUT2D eigenvalue weighted by atomic mass is 9.56. The molecule has 2 aliphatic carbocycles. The average Bonchev–Trinajstić information content (AvgIpc) is 3.09. The Morgan fingerprint density at radius 1 is 0.917 bits per heavy atom. The van der Waals surface area contributed by atoms with Gasteiger partial charge in [0.15, 0.2) is 23.0 Å². The zero-order valence-corrected chi connectivity index (χ0v) is 28.1. The van der Waals surface area contributed by atoms with Crippen LogP contribution in [0.1, 0.15) is 93.7 Å². The summed E-state index contributed by atoms with van der Waals surface area (Å²) in [7, 11) is 1.50. The van der Waals surface area contributed by atoms with Gasteiger partial charge in [0.05, 0.1) is 19.3 Å². The zero-order valence-electron chi connectivity index (χ0n) is 28.1. The van der Waals surface area contributed by atoms with Gasteiger partial charge in [0.1, 0.15) is 5.78 Å². The summed E-state index contributed by atoms with van der Waals surface area (Å²) in [6.45, 7) is 2.11. The number of rotatable bonds is 10. The van der Waals surface area contributed by atoms with Crippen molar-refractivity contribution in [2.75, 3.05) is 7.11 Å². The van der Waals surface area contributed by atoms with Crippen LogP contribution in [0.25, 0.3) is 0 Å². The first-order chi connectivity index (χ1) is 23.2. The molecule has 1 saturated carbocycles. The SMILES string of the molecule is CCCCC[C@@H]1C(=O)C[C@H](c2ccc(O)c(OC)c2)[C@@H](Cc2ccccc2)C#CC[C@@H]([C@@]2(c3ccc(O)c(O)c3)CCCC[C@@H]2O)[C@H]1O. The largest absolute Gasteiger partial charge is 0.504 e. The van der Waals surface area contributed by atoms with Crippen LogP contribution in [0.5, 0.6) is 23.0 Å². The number of methoxy groups -OCH3 is 1. The van der Waals surface area contributed by atoms with Crippen LogP contribution in [0.3, 0.4) is 0 Å². The summed E-state index contributed by atoms with van der Waals surface area (Å²) in [6.07, 6.45) is 4.98. The van der Waals surface area contributed by atoms with E-state index in [1.807, 2.05) is 24.3 Å². The van der Waals surface area contributed by atoms with Crippen molar-refractivity contribution in [3.63, 3.8) is 0 Å². The highest BCUT2D eigenvalue weighted by Gasteiger charge is 2.52. The van der Waals surface area contributed by atoms with E-state index in [0.717, 1.165) is 43.2 Å². The summed E-state index contributed by atoms with van der Waals surface area (Å²) in [5.41, 5.74) is 1.60. The number of ketones is 1. The fraction of sp³-hybridized carbons (Fsp3) is 0.488. The molecular weight excluding hydrogens is 604 g/mol. The van der Waals surface area contributed by atoms with Crippen LogP contribution in [0.4, 0.5) is 0 Å². The second-order valence-electron chi connectivity index (χ2n) is 13.7. The van der Waals surface area contributed by atoms with E-state index < -0.39 is 29.5 Å². The van der Waals surface area contributed by atoms with E-state index in [2.05, 4.69) is 30.9 Å². The second-order valence-corrected chi connectivity index (χ2v) is 13.7. The third-order valence-electron chi connectivity index (χ3n) is 10.9. The molecule has 48 heavy (non-hydrogen) atoms. The molecule has 2 aliphatic rings. The molecule has 5 N–H and O–H groups in total. The lowest BCUT2D eigenvalue weighted by Crippen LogP contribution is -2.54. The molecule has 0 unspecified atom stereocenters. The maximum Gasteiger partial charge on any atom is 0.160 e. The smallest absolute Gasteiger partial charge is 0.160 e. The fourth-order valence-corrected chi connectivity index (χ4v) is 8.25. The average molecular weight is 655 g/mol. The number of Topliss-reactive ketones (excluding diaryl/α,β-unsaturated/α-hetero) is 1. The predicted octanol–water partition coefficient (Wildman–Crippen LogP) is 7.17. The van der Waals surface area contributed by atoms with Crippen molar-refractivity contribution in [2.24, 2.45) is 17.8 Å². The van der Waals surface area contributed by atoms with E-state index in [1.54, 1.807) is 18.2 Å². The minimum atomic E-state index is -1.09. The second kappa shape index (κ2) is 15.9. The van der Waals surface area contributed by atoms with Crippen molar-refractivity contribution >= 4 is 5.78 Å². The first-order valence-electron chi connectivity index (χ1n) is 17.5. The van der Waals surface area contributed by atoms with Gasteiger partial charge in [-0.3, -0.25) is 4.79 Å². The van der Waals surface area contributed by atoms with Crippen LogP contribution < -0.4 is 4.74 Å². The number of carbonyl (C=O) groups excluding carboxylic acids is 1. The summed E-state index contributed by atoms with van der Waals surface area (Å²) in [5, 5.41) is 55.4. The van der Waals surface area contributed by atoms with E-state index in [4.69, 9.17) is 4.74 Å². The van der Waals surface area contributed by atoms with E-state index >= 15 is 0 Å². The number of phenols is 3. The standard InChI is InChI=1S/C41H50O7/c1-3-4-6-15-31-36(44)26-32(29-18-20-35(43)38(24-29)48-2)28(23-27-12-7-5-8-13-27)14-11-16-33(40(31)47)41(22-10-9-17-39(41)46)30-19-21-34(42)37(45)25-30/h5,7-8,12-13,18-21,24-25,28,31-33,39-40,42-43,45-47H,3-4,6,9-10,15-17,22-23,26H2,1-2H3/t28-,31-,32+,33-,39+,40+,41+/m1/s1. The van der Waals surface area contributed by atoms with Gasteiger partial charge in [-0.15, -0.1) is 5.92 Å². The van der Waals surface area contributed by atoms with Gasteiger partial charge in [-0.2, -0.15) is 0 Å². The summed E-state index contributed by atoms with van der Waals surface area (Å²) >= 11 is 0. The van der Waals surface area contributed by atoms with Crippen LogP contribution in [0, 0.1) is 29.6 Å². The van der Waals surface area contributed by atoms with Crippen molar-refractivity contribution in [1.82, 2.24) is 0 Å². The van der Waals surface area contributed by atoms with Crippen molar-refractivity contribution in [2.45, 2.75) is 101 Å². The van der Waals surface area contributed by atoms with Crippen LogP contribution in [0.2, 0.25) is 0 Å².